The molecule has 0 aliphatic heterocycles. The van der Waals surface area contributed by atoms with Gasteiger partial charge in [-0.15, -0.1) is 0 Å². The van der Waals surface area contributed by atoms with Crippen molar-refractivity contribution in [3.63, 3.8) is 0 Å². The van der Waals surface area contributed by atoms with Crippen molar-refractivity contribution in [1.29, 1.82) is 0 Å². The fourth-order valence-corrected chi connectivity index (χ4v) is 6.23. The zero-order valence-corrected chi connectivity index (χ0v) is 29.3. The first kappa shape index (κ1) is 35.5. The van der Waals surface area contributed by atoms with Crippen molar-refractivity contribution in [2.24, 2.45) is 0 Å². The van der Waals surface area contributed by atoms with Gasteiger partial charge in [0.25, 0.3) is 0 Å². The molecule has 2 unspecified atom stereocenters. The zero-order valence-electron chi connectivity index (χ0n) is 29.3. The van der Waals surface area contributed by atoms with Gasteiger partial charge in [0.05, 0.1) is 11.1 Å². The number of aryl methyl sites for hydroxylation is 2. The summed E-state index contributed by atoms with van der Waals surface area (Å²) >= 11 is 0. The lowest BCUT2D eigenvalue weighted by molar-refractivity contribution is -0.00476. The summed E-state index contributed by atoms with van der Waals surface area (Å²) < 4.78 is 17.9. The van der Waals surface area contributed by atoms with Crippen molar-refractivity contribution in [3.8, 4) is 11.5 Å². The first-order valence-corrected chi connectivity index (χ1v) is 16.9. The van der Waals surface area contributed by atoms with Crippen molar-refractivity contribution in [3.05, 3.63) is 130 Å². The third kappa shape index (κ3) is 9.12. The molecule has 0 fully saturated rings. The van der Waals surface area contributed by atoms with Crippen LogP contribution < -0.4 is 9.47 Å². The SMILES string of the molecule is CCCC(C)(C)OC(=O)c1ccc(C(=O)Oc2ccc(C(c3ccccc3)c3ccc(OC(C)(CC)CCC)cc3C)c(C)c2)cc1. The number of benzene rings is 4. The molecular formula is C42H50O5. The van der Waals surface area contributed by atoms with Crippen LogP contribution in [0, 0.1) is 13.8 Å². The molecule has 0 saturated heterocycles. The molecule has 0 bridgehead atoms. The molecule has 47 heavy (non-hydrogen) atoms. The van der Waals surface area contributed by atoms with Gasteiger partial charge in [0.15, 0.2) is 0 Å². The number of hydrogen-bond acceptors (Lipinski definition) is 5. The minimum absolute atomic E-state index is 0.0159. The Morgan fingerprint density at radius 2 is 1.19 bits per heavy atom. The van der Waals surface area contributed by atoms with E-state index in [1.165, 1.54) is 11.1 Å². The first-order chi connectivity index (χ1) is 22.4. The summed E-state index contributed by atoms with van der Waals surface area (Å²) in [5, 5.41) is 0. The summed E-state index contributed by atoms with van der Waals surface area (Å²) in [5.41, 5.74) is 5.69. The molecule has 5 heteroatoms. The average molecular weight is 635 g/mol. The van der Waals surface area contributed by atoms with Crippen LogP contribution >= 0.6 is 0 Å². The number of carbonyl (C=O) groups excluding carboxylic acids is 2. The molecule has 2 atom stereocenters. The topological polar surface area (TPSA) is 61.8 Å². The van der Waals surface area contributed by atoms with E-state index in [2.05, 4.69) is 77.1 Å². The van der Waals surface area contributed by atoms with Crippen molar-refractivity contribution >= 4 is 11.9 Å². The fraction of sp³-hybridized carbons (Fsp3) is 0.381. The Bertz CT molecular complexity index is 1650. The summed E-state index contributed by atoms with van der Waals surface area (Å²) in [6.45, 7) is 16.6. The van der Waals surface area contributed by atoms with E-state index in [9.17, 15) is 9.59 Å². The summed E-state index contributed by atoms with van der Waals surface area (Å²) in [6, 6.07) is 29.1. The van der Waals surface area contributed by atoms with Gasteiger partial charge in [-0.1, -0.05) is 76.1 Å². The highest BCUT2D eigenvalue weighted by Gasteiger charge is 2.26. The minimum atomic E-state index is -0.547. The molecule has 0 aliphatic rings. The molecule has 4 aromatic rings. The van der Waals surface area contributed by atoms with Gasteiger partial charge in [-0.25, -0.2) is 9.59 Å². The summed E-state index contributed by atoms with van der Waals surface area (Å²) in [6.07, 6.45) is 4.71. The van der Waals surface area contributed by atoms with Gasteiger partial charge in [-0.2, -0.15) is 0 Å². The lowest BCUT2D eigenvalue weighted by Crippen LogP contribution is -2.31. The smallest absolute Gasteiger partial charge is 0.343 e. The van der Waals surface area contributed by atoms with E-state index in [1.807, 2.05) is 45.0 Å². The van der Waals surface area contributed by atoms with E-state index in [-0.39, 0.29) is 11.5 Å². The third-order valence-electron chi connectivity index (χ3n) is 8.92. The van der Waals surface area contributed by atoms with Crippen LogP contribution in [0.2, 0.25) is 0 Å². The quantitative estimate of drug-likeness (QED) is 0.0784. The highest BCUT2D eigenvalue weighted by Crippen LogP contribution is 2.38. The van der Waals surface area contributed by atoms with E-state index < -0.39 is 17.5 Å². The van der Waals surface area contributed by atoms with Crippen LogP contribution in [0.25, 0.3) is 0 Å². The Morgan fingerprint density at radius 1 is 0.660 bits per heavy atom. The molecule has 0 radical (unpaired) electrons. The van der Waals surface area contributed by atoms with Gasteiger partial charge in [-0.3, -0.25) is 0 Å². The van der Waals surface area contributed by atoms with E-state index in [1.54, 1.807) is 24.3 Å². The molecule has 248 valence electrons. The second-order valence-electron chi connectivity index (χ2n) is 13.4. The van der Waals surface area contributed by atoms with Gasteiger partial charge < -0.3 is 14.2 Å². The molecular weight excluding hydrogens is 584 g/mol. The van der Waals surface area contributed by atoms with Gasteiger partial charge in [0.2, 0.25) is 0 Å². The molecule has 0 amide bonds. The van der Waals surface area contributed by atoms with E-state index in [0.29, 0.717) is 16.9 Å². The number of carbonyl (C=O) groups is 2. The Morgan fingerprint density at radius 3 is 1.72 bits per heavy atom. The number of esters is 2. The molecule has 5 nitrogen and oxygen atoms in total. The highest BCUT2D eigenvalue weighted by molar-refractivity contribution is 5.94. The van der Waals surface area contributed by atoms with Crippen LogP contribution in [0.15, 0.2) is 91.0 Å². The third-order valence-corrected chi connectivity index (χ3v) is 8.92. The van der Waals surface area contributed by atoms with Crippen molar-refractivity contribution in [1.82, 2.24) is 0 Å². The van der Waals surface area contributed by atoms with Gasteiger partial charge >= 0.3 is 11.9 Å². The Labute approximate surface area is 281 Å². The number of ether oxygens (including phenoxy) is 3. The number of hydrogen-bond donors (Lipinski definition) is 0. The van der Waals surface area contributed by atoms with Crippen molar-refractivity contribution < 1.29 is 23.8 Å². The van der Waals surface area contributed by atoms with Gasteiger partial charge in [0, 0.05) is 5.92 Å². The average Bonchev–Trinajstić information content (AvgIpc) is 3.03. The molecule has 4 aromatic carbocycles. The second-order valence-corrected chi connectivity index (χ2v) is 13.4. The van der Waals surface area contributed by atoms with Crippen LogP contribution in [0.5, 0.6) is 11.5 Å². The predicted octanol–water partition coefficient (Wildman–Crippen LogP) is 10.8. The van der Waals surface area contributed by atoms with E-state index in [4.69, 9.17) is 14.2 Å². The van der Waals surface area contributed by atoms with Crippen LogP contribution in [-0.2, 0) is 4.74 Å². The normalized spacial score (nSPS) is 13.4. The molecule has 0 N–H and O–H groups in total. The molecule has 0 spiro atoms. The van der Waals surface area contributed by atoms with Crippen molar-refractivity contribution in [2.75, 3.05) is 0 Å². The van der Waals surface area contributed by atoms with Crippen LogP contribution in [-0.4, -0.2) is 23.1 Å². The van der Waals surface area contributed by atoms with Crippen molar-refractivity contribution in [2.45, 2.75) is 105 Å². The first-order valence-electron chi connectivity index (χ1n) is 16.9. The van der Waals surface area contributed by atoms with Gasteiger partial charge in [0.1, 0.15) is 22.7 Å². The second kappa shape index (κ2) is 15.5. The maximum absolute atomic E-state index is 13.1. The van der Waals surface area contributed by atoms with Crippen LogP contribution in [0.4, 0.5) is 0 Å². The highest BCUT2D eigenvalue weighted by atomic mass is 16.6. The lowest BCUT2D eigenvalue weighted by Gasteiger charge is -2.30. The Hall–Kier alpha value is -4.38. The van der Waals surface area contributed by atoms with Gasteiger partial charge in [-0.05, 0) is 130 Å². The maximum Gasteiger partial charge on any atom is 0.343 e. The molecule has 0 aromatic heterocycles. The summed E-state index contributed by atoms with van der Waals surface area (Å²) in [4.78, 5) is 25.7. The monoisotopic (exact) mass is 634 g/mol. The van der Waals surface area contributed by atoms with Crippen LogP contribution in [0.1, 0.15) is 128 Å². The zero-order chi connectivity index (χ0) is 34.2. The minimum Gasteiger partial charge on any atom is -0.488 e. The lowest BCUT2D eigenvalue weighted by atomic mass is 9.81. The standard InChI is InChI=1S/C42H50O5/c1-9-25-41(6,7)47-40(44)33-19-17-32(18-20-33)39(43)45-34-21-23-36(29(4)27-34)38(31-15-13-12-14-16-31)37-24-22-35(28-30(37)5)46-42(8,11-3)26-10-2/h12-24,27-28,38H,9-11,25-26H2,1-8H3. The molecule has 0 saturated carbocycles. The molecule has 4 rings (SSSR count). The summed E-state index contributed by atoms with van der Waals surface area (Å²) in [7, 11) is 0. The molecule has 0 heterocycles. The summed E-state index contributed by atoms with van der Waals surface area (Å²) in [5.74, 6) is 0.438. The number of rotatable bonds is 14. The predicted molar refractivity (Wildman–Crippen MR) is 190 cm³/mol. The molecule has 0 aliphatic carbocycles. The van der Waals surface area contributed by atoms with E-state index in [0.717, 1.165) is 54.5 Å². The fourth-order valence-electron chi connectivity index (χ4n) is 6.23. The largest absolute Gasteiger partial charge is 0.488 e. The Balaban J connectivity index is 1.56. The Kier molecular flexibility index (Phi) is 11.7. The van der Waals surface area contributed by atoms with E-state index >= 15 is 0 Å². The maximum atomic E-state index is 13.1. The van der Waals surface area contributed by atoms with Crippen LogP contribution in [0.3, 0.4) is 0 Å².